The van der Waals surface area contributed by atoms with Crippen molar-refractivity contribution in [3.05, 3.63) is 12.0 Å². The molecule has 4 N–H and O–H groups in total. The molecule has 11 heavy (non-hydrogen) atoms. The fourth-order valence-electron chi connectivity index (χ4n) is 1.38. The molecule has 1 fully saturated rings. The van der Waals surface area contributed by atoms with Gasteiger partial charge in [-0.05, 0) is 12.8 Å². The number of hydrogen-bond acceptors (Lipinski definition) is 3. The van der Waals surface area contributed by atoms with E-state index in [1.54, 1.807) is 6.33 Å². The third-order valence-electron chi connectivity index (χ3n) is 2.35. The van der Waals surface area contributed by atoms with Crippen LogP contribution in [0, 0.1) is 0 Å². The van der Waals surface area contributed by atoms with E-state index < -0.39 is 0 Å². The lowest BCUT2D eigenvalue weighted by molar-refractivity contribution is 0.413. The quantitative estimate of drug-likeness (QED) is 0.574. The van der Waals surface area contributed by atoms with E-state index in [1.165, 1.54) is 23.9 Å². The van der Waals surface area contributed by atoms with Gasteiger partial charge in [0.1, 0.15) is 12.1 Å². The molecule has 0 aliphatic heterocycles. The van der Waals surface area contributed by atoms with Crippen molar-refractivity contribution in [2.24, 2.45) is 0 Å². The van der Waals surface area contributed by atoms with E-state index in [0.717, 1.165) is 5.69 Å². The Morgan fingerprint density at radius 1 is 1.55 bits per heavy atom. The standard InChI is InChI=1S/C7H12N4/c8-7-6(5-2-1-3-5)10-4-11(7)9/h4-5H,1-3,8-9H2. The average molecular weight is 152 g/mol. The molecule has 0 spiro atoms. The fraction of sp³-hybridized carbons (Fsp3) is 0.571. The normalized spacial score (nSPS) is 18.2. The first-order chi connectivity index (χ1) is 5.29. The van der Waals surface area contributed by atoms with Crippen molar-refractivity contribution in [1.29, 1.82) is 0 Å². The summed E-state index contributed by atoms with van der Waals surface area (Å²) in [4.78, 5) is 4.15. The molecule has 60 valence electrons. The second-order valence-electron chi connectivity index (χ2n) is 3.05. The van der Waals surface area contributed by atoms with Crippen LogP contribution in [0.15, 0.2) is 6.33 Å². The van der Waals surface area contributed by atoms with Crippen LogP contribution in [-0.2, 0) is 0 Å². The van der Waals surface area contributed by atoms with Crippen LogP contribution in [0.25, 0.3) is 0 Å². The number of hydrogen-bond donors (Lipinski definition) is 2. The molecule has 1 saturated carbocycles. The molecule has 0 unspecified atom stereocenters. The van der Waals surface area contributed by atoms with Crippen LogP contribution in [-0.4, -0.2) is 9.66 Å². The maximum absolute atomic E-state index is 5.69. The summed E-state index contributed by atoms with van der Waals surface area (Å²) in [5.74, 6) is 6.68. The number of nitrogens with two attached hydrogens (primary N) is 2. The minimum absolute atomic E-state index is 0.569. The van der Waals surface area contributed by atoms with Crippen LogP contribution < -0.4 is 11.6 Å². The zero-order chi connectivity index (χ0) is 7.84. The van der Waals surface area contributed by atoms with E-state index in [4.69, 9.17) is 11.6 Å². The van der Waals surface area contributed by atoms with Gasteiger partial charge in [-0.15, -0.1) is 0 Å². The SMILES string of the molecule is Nc1c(C2CCC2)ncn1N. The summed E-state index contributed by atoms with van der Waals surface area (Å²) in [5, 5.41) is 0. The molecule has 2 rings (SSSR count). The minimum atomic E-state index is 0.569. The first kappa shape index (κ1) is 6.52. The van der Waals surface area contributed by atoms with Gasteiger partial charge in [0, 0.05) is 5.92 Å². The Balaban J connectivity index is 2.29. The Labute approximate surface area is 65.2 Å². The van der Waals surface area contributed by atoms with Crippen molar-refractivity contribution in [1.82, 2.24) is 9.66 Å². The topological polar surface area (TPSA) is 69.9 Å². The van der Waals surface area contributed by atoms with Gasteiger partial charge in [-0.25, -0.2) is 9.66 Å². The highest BCUT2D eigenvalue weighted by Crippen LogP contribution is 2.37. The molecule has 1 heterocycles. The van der Waals surface area contributed by atoms with Crippen molar-refractivity contribution in [3.8, 4) is 0 Å². The second-order valence-corrected chi connectivity index (χ2v) is 3.05. The molecular weight excluding hydrogens is 140 g/mol. The van der Waals surface area contributed by atoms with E-state index in [1.807, 2.05) is 0 Å². The lowest BCUT2D eigenvalue weighted by Crippen LogP contribution is -2.14. The molecule has 0 aromatic carbocycles. The molecule has 0 radical (unpaired) electrons. The van der Waals surface area contributed by atoms with Gasteiger partial charge in [-0.3, -0.25) is 0 Å². The molecule has 0 atom stereocenters. The van der Waals surface area contributed by atoms with Crippen LogP contribution in [0.1, 0.15) is 30.9 Å². The lowest BCUT2D eigenvalue weighted by Gasteiger charge is -2.23. The number of nitrogen functional groups attached to an aromatic ring is 2. The van der Waals surface area contributed by atoms with Crippen LogP contribution >= 0.6 is 0 Å². The summed E-state index contributed by atoms with van der Waals surface area (Å²) < 4.78 is 1.38. The Morgan fingerprint density at radius 2 is 2.27 bits per heavy atom. The molecule has 0 saturated heterocycles. The average Bonchev–Trinajstić information content (AvgIpc) is 2.15. The molecule has 4 heteroatoms. The third-order valence-corrected chi connectivity index (χ3v) is 2.35. The number of anilines is 1. The van der Waals surface area contributed by atoms with Gasteiger partial charge in [-0.2, -0.15) is 0 Å². The Morgan fingerprint density at radius 3 is 2.64 bits per heavy atom. The number of imidazole rings is 1. The Bertz CT molecular complexity index is 261. The zero-order valence-electron chi connectivity index (χ0n) is 6.33. The molecule has 1 aliphatic carbocycles. The van der Waals surface area contributed by atoms with Crippen molar-refractivity contribution >= 4 is 5.82 Å². The monoisotopic (exact) mass is 152 g/mol. The summed E-state index contributed by atoms with van der Waals surface area (Å²) in [6, 6.07) is 0. The second kappa shape index (κ2) is 2.15. The maximum Gasteiger partial charge on any atom is 0.145 e. The summed E-state index contributed by atoms with van der Waals surface area (Å²) in [7, 11) is 0. The van der Waals surface area contributed by atoms with Crippen LogP contribution in [0.3, 0.4) is 0 Å². The fourth-order valence-corrected chi connectivity index (χ4v) is 1.38. The van der Waals surface area contributed by atoms with Crippen molar-refractivity contribution in [3.63, 3.8) is 0 Å². The number of rotatable bonds is 1. The van der Waals surface area contributed by atoms with Crippen molar-refractivity contribution < 1.29 is 0 Å². The predicted octanol–water partition coefficient (Wildman–Crippen LogP) is 0.447. The summed E-state index contributed by atoms with van der Waals surface area (Å²) >= 11 is 0. The van der Waals surface area contributed by atoms with Crippen LogP contribution in [0.4, 0.5) is 5.82 Å². The molecule has 1 aliphatic rings. The van der Waals surface area contributed by atoms with E-state index in [2.05, 4.69) is 4.98 Å². The smallest absolute Gasteiger partial charge is 0.145 e. The predicted molar refractivity (Wildman–Crippen MR) is 43.4 cm³/mol. The summed E-state index contributed by atoms with van der Waals surface area (Å²) in [6.07, 6.45) is 5.28. The van der Waals surface area contributed by atoms with Crippen molar-refractivity contribution in [2.45, 2.75) is 25.2 Å². The highest BCUT2D eigenvalue weighted by molar-refractivity contribution is 5.39. The highest BCUT2D eigenvalue weighted by Gasteiger charge is 2.24. The molecule has 1 aromatic rings. The lowest BCUT2D eigenvalue weighted by atomic mass is 9.83. The zero-order valence-corrected chi connectivity index (χ0v) is 6.33. The van der Waals surface area contributed by atoms with Gasteiger partial charge >= 0.3 is 0 Å². The minimum Gasteiger partial charge on any atom is -0.382 e. The molecule has 1 aromatic heterocycles. The molecule has 0 bridgehead atoms. The Kier molecular flexibility index (Phi) is 1.27. The van der Waals surface area contributed by atoms with E-state index >= 15 is 0 Å². The maximum atomic E-state index is 5.69. The third kappa shape index (κ3) is 0.859. The summed E-state index contributed by atoms with van der Waals surface area (Å²) in [6.45, 7) is 0. The first-order valence-corrected chi connectivity index (χ1v) is 3.87. The highest BCUT2D eigenvalue weighted by atomic mass is 15.3. The van der Waals surface area contributed by atoms with Gasteiger partial charge in [0.15, 0.2) is 0 Å². The van der Waals surface area contributed by atoms with E-state index in [0.29, 0.717) is 11.7 Å². The number of nitrogens with zero attached hydrogens (tertiary/aromatic N) is 2. The van der Waals surface area contributed by atoms with Gasteiger partial charge in [0.25, 0.3) is 0 Å². The van der Waals surface area contributed by atoms with Crippen LogP contribution in [0.2, 0.25) is 0 Å². The molecule has 4 nitrogen and oxygen atoms in total. The van der Waals surface area contributed by atoms with Gasteiger partial charge in [0.2, 0.25) is 0 Å². The Hall–Kier alpha value is -1.19. The number of aromatic nitrogens is 2. The van der Waals surface area contributed by atoms with Gasteiger partial charge in [-0.1, -0.05) is 6.42 Å². The van der Waals surface area contributed by atoms with Gasteiger partial charge in [0.05, 0.1) is 5.69 Å². The molecule has 0 amide bonds. The van der Waals surface area contributed by atoms with Crippen LogP contribution in [0.5, 0.6) is 0 Å². The van der Waals surface area contributed by atoms with Crippen molar-refractivity contribution in [2.75, 3.05) is 11.6 Å². The first-order valence-electron chi connectivity index (χ1n) is 3.87. The van der Waals surface area contributed by atoms with E-state index in [-0.39, 0.29) is 0 Å². The van der Waals surface area contributed by atoms with E-state index in [9.17, 15) is 0 Å². The largest absolute Gasteiger partial charge is 0.382 e. The molecular formula is C7H12N4. The summed E-state index contributed by atoms with van der Waals surface area (Å²) in [5.41, 5.74) is 6.67. The van der Waals surface area contributed by atoms with Gasteiger partial charge < -0.3 is 11.6 Å².